The first-order valence-corrected chi connectivity index (χ1v) is 6.76. The van der Waals surface area contributed by atoms with Gasteiger partial charge in [0, 0.05) is 19.3 Å². The number of nitrogens with one attached hydrogen (secondary N) is 1. The number of nitrogens with zero attached hydrogens (tertiary/aromatic N) is 3. The summed E-state index contributed by atoms with van der Waals surface area (Å²) in [5, 5.41) is 19.9. The normalized spacial score (nSPS) is 11.2. The number of aryl methyl sites for hydroxylation is 1. The summed E-state index contributed by atoms with van der Waals surface area (Å²) in [6, 6.07) is 3.04. The van der Waals surface area contributed by atoms with Crippen molar-refractivity contribution in [2.45, 2.75) is 5.03 Å². The summed E-state index contributed by atoms with van der Waals surface area (Å²) in [7, 11) is -2.35. The molecule has 0 aliphatic heterocycles. The van der Waals surface area contributed by atoms with Crippen molar-refractivity contribution in [3.05, 3.63) is 40.8 Å². The van der Waals surface area contributed by atoms with Crippen LogP contribution >= 0.6 is 0 Å². The van der Waals surface area contributed by atoms with Gasteiger partial charge in [-0.2, -0.15) is 8.42 Å². The van der Waals surface area contributed by atoms with Crippen LogP contribution < -0.4 is 4.72 Å². The van der Waals surface area contributed by atoms with Gasteiger partial charge in [-0.3, -0.25) is 14.8 Å². The molecular weight excluding hydrogens is 288 g/mol. The molecule has 0 spiro atoms. The molecule has 1 aromatic heterocycles. The molecule has 0 fully saturated rings. The molecule has 106 valence electrons. The minimum absolute atomic E-state index is 0.166. The Morgan fingerprint density at radius 1 is 1.45 bits per heavy atom. The zero-order valence-corrected chi connectivity index (χ0v) is 11.0. The molecule has 1 aromatic carbocycles. The third-order valence-corrected chi connectivity index (χ3v) is 3.64. The van der Waals surface area contributed by atoms with Gasteiger partial charge in [-0.1, -0.05) is 0 Å². The lowest BCUT2D eigenvalue weighted by molar-refractivity contribution is -0.384. The molecule has 10 heteroatoms. The number of sulfonamides is 1. The van der Waals surface area contributed by atoms with Crippen molar-refractivity contribution in [1.29, 1.82) is 0 Å². The number of aromatic nitrogens is 2. The highest BCUT2D eigenvalue weighted by atomic mass is 32.2. The smallest absolute Gasteiger partial charge is 0.281 e. The Labute approximate surface area is 113 Å². The average Bonchev–Trinajstić information content (AvgIpc) is 2.79. The molecule has 20 heavy (non-hydrogen) atoms. The van der Waals surface area contributed by atoms with Crippen molar-refractivity contribution in [1.82, 2.24) is 9.55 Å². The fourth-order valence-electron chi connectivity index (χ4n) is 1.44. The summed E-state index contributed by atoms with van der Waals surface area (Å²) in [4.78, 5) is 13.5. The fraction of sp³-hybridized carbons (Fsp3) is 0.100. The Hall–Kier alpha value is -2.62. The van der Waals surface area contributed by atoms with Gasteiger partial charge in [0.1, 0.15) is 5.75 Å². The number of hydrogen-bond acceptors (Lipinski definition) is 6. The number of benzene rings is 1. The summed E-state index contributed by atoms with van der Waals surface area (Å²) in [6.45, 7) is 0. The van der Waals surface area contributed by atoms with Gasteiger partial charge >= 0.3 is 0 Å². The monoisotopic (exact) mass is 298 g/mol. The van der Waals surface area contributed by atoms with Crippen LogP contribution in [0.25, 0.3) is 0 Å². The number of nitro groups is 1. The van der Waals surface area contributed by atoms with Gasteiger partial charge in [-0.25, -0.2) is 4.98 Å². The van der Waals surface area contributed by atoms with Crippen LogP contribution in [0, 0.1) is 10.1 Å². The molecule has 2 N–H and O–H groups in total. The fourth-order valence-corrected chi connectivity index (χ4v) is 2.50. The van der Waals surface area contributed by atoms with E-state index in [0.717, 1.165) is 18.2 Å². The van der Waals surface area contributed by atoms with Crippen LogP contribution in [0.4, 0.5) is 11.4 Å². The summed E-state index contributed by atoms with van der Waals surface area (Å²) < 4.78 is 27.5. The standard InChI is InChI=1S/C10H10N4O5S/c1-13-5-10(11-6-13)20(18,19)12-8-3-2-7(14(16)17)4-9(8)15/h2-6,12,15H,1H3. The summed E-state index contributed by atoms with van der Waals surface area (Å²) in [5.41, 5.74) is -0.510. The Balaban J connectivity index is 2.32. The number of rotatable bonds is 4. The first-order valence-electron chi connectivity index (χ1n) is 5.28. The van der Waals surface area contributed by atoms with Crippen LogP contribution in [-0.2, 0) is 17.1 Å². The van der Waals surface area contributed by atoms with E-state index in [1.807, 2.05) is 0 Å². The zero-order valence-electron chi connectivity index (χ0n) is 10.2. The van der Waals surface area contributed by atoms with E-state index >= 15 is 0 Å². The Kier molecular flexibility index (Phi) is 3.32. The molecule has 0 amide bonds. The van der Waals surface area contributed by atoms with Crippen molar-refractivity contribution < 1.29 is 18.4 Å². The Morgan fingerprint density at radius 2 is 2.15 bits per heavy atom. The van der Waals surface area contributed by atoms with Gasteiger partial charge in [-0.05, 0) is 6.07 Å². The first-order chi connectivity index (χ1) is 9.29. The van der Waals surface area contributed by atoms with E-state index in [9.17, 15) is 23.6 Å². The van der Waals surface area contributed by atoms with Crippen LogP contribution in [0.2, 0.25) is 0 Å². The van der Waals surface area contributed by atoms with E-state index in [4.69, 9.17) is 0 Å². The second-order valence-corrected chi connectivity index (χ2v) is 5.57. The summed E-state index contributed by atoms with van der Waals surface area (Å²) >= 11 is 0. The van der Waals surface area contributed by atoms with Crippen molar-refractivity contribution in [3.63, 3.8) is 0 Å². The summed E-state index contributed by atoms with van der Waals surface area (Å²) in [5.74, 6) is -0.543. The lowest BCUT2D eigenvalue weighted by atomic mass is 10.3. The molecular formula is C10H10N4O5S. The molecule has 0 saturated heterocycles. The molecule has 2 aromatic rings. The van der Waals surface area contributed by atoms with Gasteiger partial charge in [0.05, 0.1) is 23.0 Å². The average molecular weight is 298 g/mol. The number of non-ortho nitro benzene ring substituents is 1. The van der Waals surface area contributed by atoms with Gasteiger partial charge in [-0.15, -0.1) is 0 Å². The molecule has 0 unspecified atom stereocenters. The number of anilines is 1. The maximum absolute atomic E-state index is 12.0. The van der Waals surface area contributed by atoms with Gasteiger partial charge in [0.15, 0.2) is 5.03 Å². The SMILES string of the molecule is Cn1cnc(S(=O)(=O)Nc2ccc([N+](=O)[O-])cc2O)c1. The number of imidazole rings is 1. The van der Waals surface area contributed by atoms with Gasteiger partial charge < -0.3 is 9.67 Å². The highest BCUT2D eigenvalue weighted by Crippen LogP contribution is 2.29. The van der Waals surface area contributed by atoms with Crippen molar-refractivity contribution >= 4 is 21.4 Å². The molecule has 0 aliphatic rings. The van der Waals surface area contributed by atoms with Crippen LogP contribution in [-0.4, -0.2) is 28.0 Å². The zero-order chi connectivity index (χ0) is 14.9. The number of phenolic OH excluding ortho intramolecular Hbond substituents is 1. The molecule has 0 saturated carbocycles. The van der Waals surface area contributed by atoms with E-state index < -0.39 is 20.7 Å². The molecule has 0 radical (unpaired) electrons. The van der Waals surface area contributed by atoms with Crippen LogP contribution in [0.1, 0.15) is 0 Å². The van der Waals surface area contributed by atoms with Crippen molar-refractivity contribution in [3.8, 4) is 5.75 Å². The van der Waals surface area contributed by atoms with Gasteiger partial charge in [0.25, 0.3) is 15.7 Å². The third-order valence-electron chi connectivity index (χ3n) is 2.39. The Morgan fingerprint density at radius 3 is 2.65 bits per heavy atom. The van der Waals surface area contributed by atoms with Crippen LogP contribution in [0.3, 0.4) is 0 Å². The predicted molar refractivity (Wildman–Crippen MR) is 68.8 cm³/mol. The molecule has 0 bridgehead atoms. The maximum atomic E-state index is 12.0. The predicted octanol–water partition coefficient (Wildman–Crippen LogP) is 0.835. The van der Waals surface area contributed by atoms with Crippen LogP contribution in [0.15, 0.2) is 35.7 Å². The summed E-state index contributed by atoms with van der Waals surface area (Å²) in [6.07, 6.45) is 2.59. The highest BCUT2D eigenvalue weighted by molar-refractivity contribution is 7.92. The van der Waals surface area contributed by atoms with Gasteiger partial charge in [0.2, 0.25) is 0 Å². The first kappa shape index (κ1) is 13.8. The van der Waals surface area contributed by atoms with Crippen LogP contribution in [0.5, 0.6) is 5.75 Å². The van der Waals surface area contributed by atoms with Crippen molar-refractivity contribution in [2.75, 3.05) is 4.72 Å². The second kappa shape index (κ2) is 4.81. The molecule has 0 atom stereocenters. The third kappa shape index (κ3) is 2.69. The molecule has 2 rings (SSSR count). The maximum Gasteiger partial charge on any atom is 0.281 e. The largest absolute Gasteiger partial charge is 0.505 e. The number of phenols is 1. The molecule has 9 nitrogen and oxygen atoms in total. The minimum Gasteiger partial charge on any atom is -0.505 e. The van der Waals surface area contributed by atoms with E-state index in [-0.39, 0.29) is 16.4 Å². The van der Waals surface area contributed by atoms with E-state index in [2.05, 4.69) is 9.71 Å². The van der Waals surface area contributed by atoms with E-state index in [1.54, 1.807) is 7.05 Å². The van der Waals surface area contributed by atoms with E-state index in [1.165, 1.54) is 17.1 Å². The minimum atomic E-state index is -3.96. The number of hydrogen-bond donors (Lipinski definition) is 2. The van der Waals surface area contributed by atoms with Crippen molar-refractivity contribution in [2.24, 2.45) is 7.05 Å². The molecule has 0 aliphatic carbocycles. The Bertz CT molecular complexity index is 768. The topological polar surface area (TPSA) is 127 Å². The lowest BCUT2D eigenvalue weighted by Gasteiger charge is -2.07. The second-order valence-electron chi connectivity index (χ2n) is 3.94. The molecule has 1 heterocycles. The highest BCUT2D eigenvalue weighted by Gasteiger charge is 2.20. The van der Waals surface area contributed by atoms with E-state index in [0.29, 0.717) is 0 Å². The number of nitro benzene ring substituents is 1. The quantitative estimate of drug-likeness (QED) is 0.489. The number of aromatic hydroxyl groups is 1. The lowest BCUT2D eigenvalue weighted by Crippen LogP contribution is -2.13.